The van der Waals surface area contributed by atoms with E-state index in [-0.39, 0.29) is 11.7 Å². The smallest absolute Gasteiger partial charge is 0.251 e. The van der Waals surface area contributed by atoms with Gasteiger partial charge in [-0.2, -0.15) is 0 Å². The zero-order valence-electron chi connectivity index (χ0n) is 11.5. The molecule has 0 spiro atoms. The van der Waals surface area contributed by atoms with Crippen LogP contribution in [0.1, 0.15) is 15.9 Å². The van der Waals surface area contributed by atoms with Gasteiger partial charge in [0.05, 0.1) is 5.75 Å². The maximum atomic E-state index is 11.4. The van der Waals surface area contributed by atoms with Crippen LogP contribution in [0.2, 0.25) is 0 Å². The molecule has 19 heavy (non-hydrogen) atoms. The number of sulfone groups is 1. The Morgan fingerprint density at radius 1 is 1.26 bits per heavy atom. The minimum Gasteiger partial charge on any atom is -0.355 e. The molecular formula is C13H20N2O3S. The van der Waals surface area contributed by atoms with E-state index in [1.54, 1.807) is 19.2 Å². The fourth-order valence-corrected chi connectivity index (χ4v) is 2.26. The van der Waals surface area contributed by atoms with Gasteiger partial charge >= 0.3 is 0 Å². The Morgan fingerprint density at radius 3 is 2.32 bits per heavy atom. The Kier molecular flexibility index (Phi) is 5.50. The second-order valence-electron chi connectivity index (χ2n) is 4.64. The van der Waals surface area contributed by atoms with Gasteiger partial charge in [0.1, 0.15) is 9.84 Å². The molecule has 0 radical (unpaired) electrons. The maximum absolute atomic E-state index is 11.4. The van der Waals surface area contributed by atoms with Crippen LogP contribution in [0.4, 0.5) is 0 Å². The van der Waals surface area contributed by atoms with E-state index >= 15 is 0 Å². The number of nitrogens with zero attached hydrogens (tertiary/aromatic N) is 1. The van der Waals surface area contributed by atoms with Crippen molar-refractivity contribution in [3.63, 3.8) is 0 Å². The molecule has 0 fully saturated rings. The highest BCUT2D eigenvalue weighted by molar-refractivity contribution is 7.90. The van der Waals surface area contributed by atoms with Crippen molar-refractivity contribution >= 4 is 15.7 Å². The predicted octanol–water partition coefficient (Wildman–Crippen LogP) is 0.523. The summed E-state index contributed by atoms with van der Waals surface area (Å²) >= 11 is 0. The van der Waals surface area contributed by atoms with E-state index < -0.39 is 9.84 Å². The van der Waals surface area contributed by atoms with Crippen molar-refractivity contribution in [1.82, 2.24) is 10.2 Å². The molecule has 1 aromatic rings. The van der Waals surface area contributed by atoms with Crippen LogP contribution < -0.4 is 5.32 Å². The molecular weight excluding hydrogens is 264 g/mol. The topological polar surface area (TPSA) is 66.5 Å². The SMILES string of the molecule is CNC(=O)c1ccc(CN(C)CCS(C)(=O)=O)cc1. The molecule has 0 bridgehead atoms. The Morgan fingerprint density at radius 2 is 1.84 bits per heavy atom. The van der Waals surface area contributed by atoms with Gasteiger partial charge in [-0.3, -0.25) is 4.79 Å². The zero-order chi connectivity index (χ0) is 14.5. The number of hydrogen-bond acceptors (Lipinski definition) is 4. The molecule has 5 nitrogen and oxygen atoms in total. The lowest BCUT2D eigenvalue weighted by molar-refractivity contribution is 0.0963. The largest absolute Gasteiger partial charge is 0.355 e. The van der Waals surface area contributed by atoms with Crippen molar-refractivity contribution in [3.8, 4) is 0 Å². The average Bonchev–Trinajstić information content (AvgIpc) is 2.35. The molecule has 6 heteroatoms. The van der Waals surface area contributed by atoms with Gasteiger partial charge in [0.15, 0.2) is 0 Å². The molecule has 0 atom stereocenters. The van der Waals surface area contributed by atoms with Crippen LogP contribution >= 0.6 is 0 Å². The van der Waals surface area contributed by atoms with Crippen molar-refractivity contribution in [2.75, 3.05) is 32.6 Å². The molecule has 1 amide bonds. The minimum atomic E-state index is -2.93. The Hall–Kier alpha value is -1.40. The van der Waals surface area contributed by atoms with Gasteiger partial charge in [0, 0.05) is 32.0 Å². The normalized spacial score (nSPS) is 11.6. The summed E-state index contributed by atoms with van der Waals surface area (Å²) in [4.78, 5) is 13.3. The average molecular weight is 284 g/mol. The highest BCUT2D eigenvalue weighted by atomic mass is 32.2. The lowest BCUT2D eigenvalue weighted by atomic mass is 10.1. The molecule has 0 saturated carbocycles. The molecule has 1 N–H and O–H groups in total. The van der Waals surface area contributed by atoms with E-state index in [0.717, 1.165) is 5.56 Å². The molecule has 0 aromatic heterocycles. The van der Waals surface area contributed by atoms with Crippen molar-refractivity contribution in [3.05, 3.63) is 35.4 Å². The second-order valence-corrected chi connectivity index (χ2v) is 6.90. The number of carbonyl (C=O) groups excluding carboxylic acids is 1. The molecule has 1 aromatic carbocycles. The van der Waals surface area contributed by atoms with E-state index in [1.165, 1.54) is 6.26 Å². The molecule has 1 rings (SSSR count). The molecule has 106 valence electrons. The van der Waals surface area contributed by atoms with Gasteiger partial charge in [0.25, 0.3) is 5.91 Å². The van der Waals surface area contributed by atoms with Gasteiger partial charge < -0.3 is 10.2 Å². The third-order valence-electron chi connectivity index (χ3n) is 2.74. The summed E-state index contributed by atoms with van der Waals surface area (Å²) in [5, 5.41) is 2.56. The first-order chi connectivity index (χ1) is 8.81. The van der Waals surface area contributed by atoms with Crippen LogP contribution in [0.3, 0.4) is 0 Å². The van der Waals surface area contributed by atoms with Crippen molar-refractivity contribution in [1.29, 1.82) is 0 Å². The van der Waals surface area contributed by atoms with E-state index in [4.69, 9.17) is 0 Å². The summed E-state index contributed by atoms with van der Waals surface area (Å²) in [6.45, 7) is 1.15. The van der Waals surface area contributed by atoms with Gasteiger partial charge in [-0.05, 0) is 24.7 Å². The summed E-state index contributed by atoms with van der Waals surface area (Å²) in [5.41, 5.74) is 1.66. The predicted molar refractivity (Wildman–Crippen MR) is 75.9 cm³/mol. The highest BCUT2D eigenvalue weighted by Gasteiger charge is 2.07. The number of rotatable bonds is 6. The monoisotopic (exact) mass is 284 g/mol. The fourth-order valence-electron chi connectivity index (χ4n) is 1.62. The molecule has 0 aliphatic carbocycles. The van der Waals surface area contributed by atoms with Gasteiger partial charge in [-0.1, -0.05) is 12.1 Å². The molecule has 0 aliphatic heterocycles. The number of carbonyl (C=O) groups is 1. The zero-order valence-corrected chi connectivity index (χ0v) is 12.3. The Bertz CT molecular complexity index is 523. The standard InChI is InChI=1S/C13H20N2O3S/c1-14-13(16)12-6-4-11(5-7-12)10-15(2)8-9-19(3,17)18/h4-7H,8-10H2,1-3H3,(H,14,16). The highest BCUT2D eigenvalue weighted by Crippen LogP contribution is 2.07. The maximum Gasteiger partial charge on any atom is 0.251 e. The number of benzene rings is 1. The summed E-state index contributed by atoms with van der Waals surface area (Å²) in [6, 6.07) is 7.28. The quantitative estimate of drug-likeness (QED) is 0.827. The Labute approximate surface area is 114 Å². The van der Waals surface area contributed by atoms with Gasteiger partial charge in [0.2, 0.25) is 0 Å². The van der Waals surface area contributed by atoms with Crippen molar-refractivity contribution in [2.45, 2.75) is 6.54 Å². The van der Waals surface area contributed by atoms with Crippen molar-refractivity contribution in [2.24, 2.45) is 0 Å². The first-order valence-electron chi connectivity index (χ1n) is 5.99. The van der Waals surface area contributed by atoms with E-state index in [2.05, 4.69) is 5.32 Å². The van der Waals surface area contributed by atoms with Crippen LogP contribution in [0, 0.1) is 0 Å². The number of hydrogen-bond donors (Lipinski definition) is 1. The Balaban J connectivity index is 2.55. The van der Waals surface area contributed by atoms with Crippen LogP contribution in [0.15, 0.2) is 24.3 Å². The lowest BCUT2D eigenvalue weighted by Gasteiger charge is -2.16. The fraction of sp³-hybridized carbons (Fsp3) is 0.462. The van der Waals surface area contributed by atoms with Crippen LogP contribution in [0.25, 0.3) is 0 Å². The summed E-state index contributed by atoms with van der Waals surface area (Å²) in [7, 11) is 0.538. The van der Waals surface area contributed by atoms with Crippen LogP contribution in [-0.4, -0.2) is 51.9 Å². The summed E-state index contributed by atoms with van der Waals surface area (Å²) in [5.74, 6) is 0.0387. The van der Waals surface area contributed by atoms with E-state index in [9.17, 15) is 13.2 Å². The molecule has 0 saturated heterocycles. The van der Waals surface area contributed by atoms with E-state index in [0.29, 0.717) is 18.7 Å². The lowest BCUT2D eigenvalue weighted by Crippen LogP contribution is -2.25. The number of nitrogens with one attached hydrogen (secondary N) is 1. The molecule has 0 heterocycles. The first kappa shape index (κ1) is 15.7. The van der Waals surface area contributed by atoms with E-state index in [1.807, 2.05) is 24.1 Å². The van der Waals surface area contributed by atoms with Crippen LogP contribution in [-0.2, 0) is 16.4 Å². The van der Waals surface area contributed by atoms with Crippen molar-refractivity contribution < 1.29 is 13.2 Å². The molecule has 0 unspecified atom stereocenters. The first-order valence-corrected chi connectivity index (χ1v) is 8.05. The van der Waals surface area contributed by atoms with Gasteiger partial charge in [-0.15, -0.1) is 0 Å². The molecule has 0 aliphatic rings. The van der Waals surface area contributed by atoms with Gasteiger partial charge in [-0.25, -0.2) is 8.42 Å². The third-order valence-corrected chi connectivity index (χ3v) is 3.66. The third kappa shape index (κ3) is 5.85. The van der Waals surface area contributed by atoms with Crippen LogP contribution in [0.5, 0.6) is 0 Å². The number of amides is 1. The second kappa shape index (κ2) is 6.68. The minimum absolute atomic E-state index is 0.114. The summed E-state index contributed by atoms with van der Waals surface area (Å²) in [6.07, 6.45) is 1.24. The summed E-state index contributed by atoms with van der Waals surface area (Å²) < 4.78 is 22.1.